The maximum atomic E-state index is 13.1. The average molecular weight is 566 g/mol. The SMILES string of the molecule is CCN(CC)C(=O)CSc1nc2ccsc2c(=O)n1CCCC(=O)NCCc1ccc(S(N)(=O)=O)cc1. The van der Waals surface area contributed by atoms with Crippen molar-refractivity contribution in [3.05, 3.63) is 51.6 Å². The summed E-state index contributed by atoms with van der Waals surface area (Å²) in [6, 6.07) is 7.99. The molecule has 0 radical (unpaired) electrons. The number of carbonyl (C=O) groups excluding carboxylic acids is 2. The van der Waals surface area contributed by atoms with Gasteiger partial charge in [0, 0.05) is 32.6 Å². The molecule has 3 rings (SSSR count). The van der Waals surface area contributed by atoms with Gasteiger partial charge < -0.3 is 10.2 Å². The highest BCUT2D eigenvalue weighted by Gasteiger charge is 2.16. The molecule has 1 aromatic carbocycles. The first kappa shape index (κ1) is 28.8. The maximum Gasteiger partial charge on any atom is 0.272 e. The third kappa shape index (κ3) is 7.87. The number of hydrogen-bond donors (Lipinski definition) is 2. The molecule has 0 atom stereocenters. The van der Waals surface area contributed by atoms with E-state index in [0.29, 0.717) is 54.4 Å². The van der Waals surface area contributed by atoms with E-state index in [4.69, 9.17) is 5.14 Å². The number of aromatic nitrogens is 2. The monoisotopic (exact) mass is 565 g/mol. The Morgan fingerprint density at radius 1 is 1.16 bits per heavy atom. The van der Waals surface area contributed by atoms with Gasteiger partial charge >= 0.3 is 0 Å². The first-order chi connectivity index (χ1) is 17.6. The molecule has 0 bridgehead atoms. The van der Waals surface area contributed by atoms with Crippen LogP contribution in [-0.4, -0.2) is 60.1 Å². The quantitative estimate of drug-likeness (QED) is 0.239. The van der Waals surface area contributed by atoms with Crippen molar-refractivity contribution in [1.82, 2.24) is 19.8 Å². The summed E-state index contributed by atoms with van der Waals surface area (Å²) in [7, 11) is -3.73. The van der Waals surface area contributed by atoms with Gasteiger partial charge in [-0.2, -0.15) is 0 Å². The summed E-state index contributed by atoms with van der Waals surface area (Å²) in [6.45, 7) is 5.79. The van der Waals surface area contributed by atoms with Crippen molar-refractivity contribution in [2.24, 2.45) is 5.14 Å². The summed E-state index contributed by atoms with van der Waals surface area (Å²) in [6.07, 6.45) is 1.20. The van der Waals surface area contributed by atoms with Gasteiger partial charge in [-0.25, -0.2) is 18.5 Å². The molecule has 13 heteroatoms. The zero-order valence-electron chi connectivity index (χ0n) is 20.8. The van der Waals surface area contributed by atoms with Gasteiger partial charge in [-0.05, 0) is 55.8 Å². The van der Waals surface area contributed by atoms with Crippen molar-refractivity contribution in [3.63, 3.8) is 0 Å². The molecule has 37 heavy (non-hydrogen) atoms. The number of fused-ring (bicyclic) bond motifs is 1. The lowest BCUT2D eigenvalue weighted by molar-refractivity contribution is -0.128. The lowest BCUT2D eigenvalue weighted by Gasteiger charge is -2.18. The Balaban J connectivity index is 1.55. The van der Waals surface area contributed by atoms with E-state index in [0.717, 1.165) is 5.56 Å². The Bertz CT molecular complexity index is 1400. The van der Waals surface area contributed by atoms with Crippen LogP contribution in [0.4, 0.5) is 0 Å². The average Bonchev–Trinajstić information content (AvgIpc) is 3.34. The van der Waals surface area contributed by atoms with E-state index in [1.165, 1.54) is 35.2 Å². The van der Waals surface area contributed by atoms with Crippen LogP contribution in [0.25, 0.3) is 10.2 Å². The second kappa shape index (κ2) is 13.2. The highest BCUT2D eigenvalue weighted by molar-refractivity contribution is 7.99. The number of thioether (sulfide) groups is 1. The number of sulfonamides is 1. The minimum Gasteiger partial charge on any atom is -0.356 e. The number of thiophene rings is 1. The molecule has 0 aliphatic carbocycles. The summed E-state index contributed by atoms with van der Waals surface area (Å²) in [4.78, 5) is 44.3. The number of hydrogen-bond acceptors (Lipinski definition) is 8. The molecule has 10 nitrogen and oxygen atoms in total. The van der Waals surface area contributed by atoms with E-state index in [2.05, 4.69) is 10.3 Å². The second-order valence-electron chi connectivity index (χ2n) is 8.23. The van der Waals surface area contributed by atoms with Crippen LogP contribution in [0.15, 0.2) is 50.6 Å². The molecule has 0 unspecified atom stereocenters. The Morgan fingerprint density at radius 3 is 2.51 bits per heavy atom. The zero-order valence-corrected chi connectivity index (χ0v) is 23.3. The molecule has 3 aromatic rings. The number of nitrogens with two attached hydrogens (primary N) is 1. The summed E-state index contributed by atoms with van der Waals surface area (Å²) in [5.41, 5.74) is 1.32. The van der Waals surface area contributed by atoms with Crippen molar-refractivity contribution in [2.75, 3.05) is 25.4 Å². The Hall–Kier alpha value is -2.74. The lowest BCUT2D eigenvalue weighted by Crippen LogP contribution is -2.32. The topological polar surface area (TPSA) is 144 Å². The fraction of sp³-hybridized carbons (Fsp3) is 0.417. The number of amides is 2. The fourth-order valence-electron chi connectivity index (χ4n) is 3.70. The van der Waals surface area contributed by atoms with E-state index in [1.807, 2.05) is 19.2 Å². The van der Waals surface area contributed by atoms with Crippen LogP contribution >= 0.6 is 23.1 Å². The molecule has 2 aromatic heterocycles. The fourth-order valence-corrected chi connectivity index (χ4v) is 5.92. The Morgan fingerprint density at radius 2 is 1.86 bits per heavy atom. The number of benzene rings is 1. The smallest absolute Gasteiger partial charge is 0.272 e. The molecule has 0 aliphatic heterocycles. The maximum absolute atomic E-state index is 13.1. The second-order valence-corrected chi connectivity index (χ2v) is 11.7. The van der Waals surface area contributed by atoms with Crippen molar-refractivity contribution in [2.45, 2.75) is 49.7 Å². The molecule has 200 valence electrons. The van der Waals surface area contributed by atoms with Crippen molar-refractivity contribution in [3.8, 4) is 0 Å². The van der Waals surface area contributed by atoms with Gasteiger partial charge in [0.2, 0.25) is 21.8 Å². The van der Waals surface area contributed by atoms with Gasteiger partial charge in [0.05, 0.1) is 16.2 Å². The molecule has 2 amide bonds. The predicted molar refractivity (Wildman–Crippen MR) is 146 cm³/mol. The molecule has 0 saturated carbocycles. The predicted octanol–water partition coefficient (Wildman–Crippen LogP) is 2.21. The summed E-state index contributed by atoms with van der Waals surface area (Å²) >= 11 is 2.56. The van der Waals surface area contributed by atoms with Crippen molar-refractivity contribution >= 4 is 55.2 Å². The van der Waals surface area contributed by atoms with E-state index in [1.54, 1.807) is 27.7 Å². The van der Waals surface area contributed by atoms with E-state index < -0.39 is 10.0 Å². The molecule has 0 aliphatic rings. The van der Waals surface area contributed by atoms with Crippen LogP contribution < -0.4 is 16.0 Å². The normalized spacial score (nSPS) is 11.5. The third-order valence-corrected chi connectivity index (χ3v) is 8.53. The van der Waals surface area contributed by atoms with E-state index in [9.17, 15) is 22.8 Å². The van der Waals surface area contributed by atoms with Gasteiger partial charge in [-0.15, -0.1) is 11.3 Å². The van der Waals surface area contributed by atoms with Gasteiger partial charge in [-0.1, -0.05) is 23.9 Å². The largest absolute Gasteiger partial charge is 0.356 e. The first-order valence-corrected chi connectivity index (χ1v) is 15.3. The summed E-state index contributed by atoms with van der Waals surface area (Å²) in [5.74, 6) is 0.0211. The van der Waals surface area contributed by atoms with Crippen LogP contribution in [0.1, 0.15) is 32.3 Å². The third-order valence-electron chi connectivity index (χ3n) is 5.75. The van der Waals surface area contributed by atoms with E-state index >= 15 is 0 Å². The lowest BCUT2D eigenvalue weighted by atomic mass is 10.1. The number of nitrogens with one attached hydrogen (secondary N) is 1. The Labute approximate surface area is 224 Å². The number of carbonyl (C=O) groups is 2. The van der Waals surface area contributed by atoms with Crippen LogP contribution in [0.2, 0.25) is 0 Å². The summed E-state index contributed by atoms with van der Waals surface area (Å²) in [5, 5.41) is 10.2. The van der Waals surface area contributed by atoms with Crippen molar-refractivity contribution < 1.29 is 18.0 Å². The van der Waals surface area contributed by atoms with Crippen LogP contribution in [-0.2, 0) is 32.6 Å². The summed E-state index contributed by atoms with van der Waals surface area (Å²) < 4.78 is 24.8. The molecule has 3 N–H and O–H groups in total. The number of primary sulfonamides is 1. The Kier molecular flexibility index (Phi) is 10.3. The highest BCUT2D eigenvalue weighted by Crippen LogP contribution is 2.21. The van der Waals surface area contributed by atoms with Gasteiger partial charge in [0.25, 0.3) is 5.56 Å². The standard InChI is InChI=1S/C24H31N5O5S3/c1-3-28(4-2)21(31)16-36-24-27-19-12-15-35-22(19)23(32)29(24)14-5-6-20(30)26-13-11-17-7-9-18(10-8-17)37(25,33)34/h7-10,12,15H,3-6,11,13-14,16H2,1-2H3,(H,26,30)(H2,25,33,34). The highest BCUT2D eigenvalue weighted by atomic mass is 32.2. The van der Waals surface area contributed by atoms with Gasteiger partial charge in [0.1, 0.15) is 4.70 Å². The minimum atomic E-state index is -3.73. The molecule has 0 saturated heterocycles. The van der Waals surface area contributed by atoms with Gasteiger partial charge in [-0.3, -0.25) is 19.0 Å². The zero-order chi connectivity index (χ0) is 27.0. The van der Waals surface area contributed by atoms with Crippen LogP contribution in [0.5, 0.6) is 0 Å². The first-order valence-electron chi connectivity index (χ1n) is 11.9. The van der Waals surface area contributed by atoms with Gasteiger partial charge in [0.15, 0.2) is 5.16 Å². The molecule has 0 fully saturated rings. The molecule has 2 heterocycles. The minimum absolute atomic E-state index is 0.0140. The molecular formula is C24H31N5O5S3. The molecule has 0 spiro atoms. The van der Waals surface area contributed by atoms with Crippen molar-refractivity contribution in [1.29, 1.82) is 0 Å². The van der Waals surface area contributed by atoms with Crippen LogP contribution in [0, 0.1) is 0 Å². The van der Waals surface area contributed by atoms with E-state index in [-0.39, 0.29) is 34.4 Å². The van der Waals surface area contributed by atoms with Crippen LogP contribution in [0.3, 0.4) is 0 Å². The number of rotatable bonds is 13. The molecular weight excluding hydrogens is 534 g/mol. The number of nitrogens with zero attached hydrogens (tertiary/aromatic N) is 3.